The zero-order valence-electron chi connectivity index (χ0n) is 5.29. The van der Waals surface area contributed by atoms with Gasteiger partial charge in [-0.25, -0.2) is 0 Å². The first-order chi connectivity index (χ1) is 4.40. The van der Waals surface area contributed by atoms with Crippen molar-refractivity contribution in [2.45, 2.75) is 25.3 Å². The Labute approximate surface area is 54.0 Å². The molecule has 1 aliphatic carbocycles. The van der Waals surface area contributed by atoms with E-state index in [0.29, 0.717) is 6.04 Å². The van der Waals surface area contributed by atoms with Crippen LogP contribution in [0.5, 0.6) is 0 Å². The molecule has 2 bridgehead atoms. The number of hydrogen-bond donors (Lipinski definition) is 0. The molecule has 1 saturated carbocycles. The molecule has 3 nitrogen and oxygen atoms in total. The molecule has 0 radical (unpaired) electrons. The van der Waals surface area contributed by atoms with Crippen molar-refractivity contribution in [3.05, 3.63) is 4.91 Å². The number of fused-ring (bicyclic) bond motifs is 2. The average molecular weight is 126 g/mol. The van der Waals surface area contributed by atoms with E-state index in [2.05, 4.69) is 5.29 Å². The van der Waals surface area contributed by atoms with Crippen LogP contribution in [0.15, 0.2) is 5.29 Å². The van der Waals surface area contributed by atoms with Gasteiger partial charge in [0.2, 0.25) is 0 Å². The van der Waals surface area contributed by atoms with Crippen molar-refractivity contribution in [3.8, 4) is 0 Å². The van der Waals surface area contributed by atoms with Gasteiger partial charge in [-0.15, -0.1) is 4.91 Å². The van der Waals surface area contributed by atoms with Crippen LogP contribution in [0.2, 0.25) is 0 Å². The van der Waals surface area contributed by atoms with Crippen LogP contribution in [0.3, 0.4) is 0 Å². The summed E-state index contributed by atoms with van der Waals surface area (Å²) in [7, 11) is 0. The van der Waals surface area contributed by atoms with Gasteiger partial charge in [-0.2, -0.15) is 0 Å². The van der Waals surface area contributed by atoms with E-state index in [0.717, 1.165) is 12.5 Å². The smallest absolute Gasteiger partial charge is 0.0526 e. The maximum absolute atomic E-state index is 10.1. The van der Waals surface area contributed by atoms with E-state index in [9.17, 15) is 4.91 Å². The van der Waals surface area contributed by atoms with Crippen LogP contribution >= 0.6 is 0 Å². The SMILES string of the molecule is O=NN1CC2CCC1C2. The van der Waals surface area contributed by atoms with Gasteiger partial charge in [0.1, 0.15) is 0 Å². The third-order valence-corrected chi connectivity index (χ3v) is 2.49. The molecule has 2 unspecified atom stereocenters. The summed E-state index contributed by atoms with van der Waals surface area (Å²) in [6.07, 6.45) is 3.72. The third-order valence-electron chi connectivity index (χ3n) is 2.49. The predicted octanol–water partition coefficient (Wildman–Crippen LogP) is 1.15. The topological polar surface area (TPSA) is 32.7 Å². The van der Waals surface area contributed by atoms with Gasteiger partial charge in [0.25, 0.3) is 0 Å². The lowest BCUT2D eigenvalue weighted by Crippen LogP contribution is -2.25. The van der Waals surface area contributed by atoms with Crippen molar-refractivity contribution >= 4 is 0 Å². The first-order valence-electron chi connectivity index (χ1n) is 3.50. The van der Waals surface area contributed by atoms with Crippen molar-refractivity contribution < 1.29 is 0 Å². The molecule has 9 heavy (non-hydrogen) atoms. The number of hydrogen-bond acceptors (Lipinski definition) is 2. The lowest BCUT2D eigenvalue weighted by molar-refractivity contribution is 0.220. The van der Waals surface area contributed by atoms with Gasteiger partial charge in [-0.3, -0.25) is 5.01 Å². The van der Waals surface area contributed by atoms with Crippen LogP contribution in [-0.4, -0.2) is 17.6 Å². The molecule has 0 aromatic rings. The second-order valence-electron chi connectivity index (χ2n) is 3.04. The summed E-state index contributed by atoms with van der Waals surface area (Å²) in [4.78, 5) is 10.1. The first-order valence-corrected chi connectivity index (χ1v) is 3.50. The standard InChI is InChI=1S/C6H10N2O/c9-7-8-4-5-1-2-6(8)3-5/h5-6H,1-4H2. The van der Waals surface area contributed by atoms with Crippen molar-refractivity contribution in [3.63, 3.8) is 0 Å². The maximum atomic E-state index is 10.1. The summed E-state index contributed by atoms with van der Waals surface area (Å²) in [5, 5.41) is 4.66. The number of rotatable bonds is 1. The van der Waals surface area contributed by atoms with E-state index in [1.807, 2.05) is 0 Å². The highest BCUT2D eigenvalue weighted by molar-refractivity contribution is 4.89. The van der Waals surface area contributed by atoms with Gasteiger partial charge in [0, 0.05) is 6.54 Å². The molecule has 1 aliphatic heterocycles. The van der Waals surface area contributed by atoms with Gasteiger partial charge >= 0.3 is 0 Å². The summed E-state index contributed by atoms with van der Waals surface area (Å²) in [6.45, 7) is 0.925. The highest BCUT2D eigenvalue weighted by Gasteiger charge is 2.37. The van der Waals surface area contributed by atoms with E-state index >= 15 is 0 Å². The van der Waals surface area contributed by atoms with Crippen molar-refractivity contribution in [1.82, 2.24) is 5.01 Å². The minimum atomic E-state index is 0.507. The Morgan fingerprint density at radius 2 is 2.33 bits per heavy atom. The first kappa shape index (κ1) is 5.21. The highest BCUT2D eigenvalue weighted by Crippen LogP contribution is 2.37. The fraction of sp³-hybridized carbons (Fsp3) is 1.00. The van der Waals surface area contributed by atoms with E-state index in [1.54, 1.807) is 5.01 Å². The van der Waals surface area contributed by atoms with Crippen molar-refractivity contribution in [1.29, 1.82) is 0 Å². The van der Waals surface area contributed by atoms with Crippen molar-refractivity contribution in [2.75, 3.05) is 6.54 Å². The normalized spacial score (nSPS) is 39.8. The Morgan fingerprint density at radius 1 is 1.44 bits per heavy atom. The fourth-order valence-electron chi connectivity index (χ4n) is 2.00. The average Bonchev–Trinajstić information content (AvgIpc) is 2.45. The summed E-state index contributed by atoms with van der Waals surface area (Å²) in [6, 6.07) is 0.507. The molecule has 3 heteroatoms. The van der Waals surface area contributed by atoms with Crippen LogP contribution in [0, 0.1) is 10.8 Å². The van der Waals surface area contributed by atoms with Crippen LogP contribution < -0.4 is 0 Å². The monoisotopic (exact) mass is 126 g/mol. The number of nitrogens with zero attached hydrogens (tertiary/aromatic N) is 2. The molecule has 0 aromatic heterocycles. The maximum Gasteiger partial charge on any atom is 0.0526 e. The Balaban J connectivity index is 2.09. The molecule has 0 N–H and O–H groups in total. The van der Waals surface area contributed by atoms with Gasteiger partial charge < -0.3 is 0 Å². The third kappa shape index (κ3) is 0.637. The van der Waals surface area contributed by atoms with Crippen LogP contribution in [-0.2, 0) is 0 Å². The minimum Gasteiger partial charge on any atom is -0.258 e. The Bertz CT molecular complexity index is 137. The highest BCUT2D eigenvalue weighted by atomic mass is 16.3. The molecule has 2 atom stereocenters. The second-order valence-corrected chi connectivity index (χ2v) is 3.04. The lowest BCUT2D eigenvalue weighted by atomic mass is 10.1. The lowest BCUT2D eigenvalue weighted by Gasteiger charge is -2.19. The Hall–Kier alpha value is -0.600. The molecule has 0 amide bonds. The quantitative estimate of drug-likeness (QED) is 0.494. The molecule has 0 aromatic carbocycles. The summed E-state index contributed by atoms with van der Waals surface area (Å²) >= 11 is 0. The van der Waals surface area contributed by atoms with E-state index in [1.165, 1.54) is 19.3 Å². The molecular formula is C6H10N2O. The number of nitroso groups, excluding NO2 is 1. The molecule has 50 valence electrons. The molecule has 1 saturated heterocycles. The van der Waals surface area contributed by atoms with Gasteiger partial charge in [-0.1, -0.05) is 0 Å². The van der Waals surface area contributed by atoms with Gasteiger partial charge in [0.15, 0.2) is 0 Å². The van der Waals surface area contributed by atoms with Gasteiger partial charge in [-0.05, 0) is 25.2 Å². The molecule has 1 heterocycles. The van der Waals surface area contributed by atoms with E-state index < -0.39 is 0 Å². The van der Waals surface area contributed by atoms with Crippen LogP contribution in [0.1, 0.15) is 19.3 Å². The number of piperidine rings is 1. The van der Waals surface area contributed by atoms with Gasteiger partial charge in [0.05, 0.1) is 11.3 Å². The summed E-state index contributed by atoms with van der Waals surface area (Å²) < 4.78 is 0. The van der Waals surface area contributed by atoms with E-state index in [4.69, 9.17) is 0 Å². The summed E-state index contributed by atoms with van der Waals surface area (Å²) in [5.74, 6) is 0.785. The molecular weight excluding hydrogens is 116 g/mol. The Kier molecular flexibility index (Phi) is 0.976. The zero-order chi connectivity index (χ0) is 6.27. The predicted molar refractivity (Wildman–Crippen MR) is 33.6 cm³/mol. The zero-order valence-corrected chi connectivity index (χ0v) is 5.29. The fourth-order valence-corrected chi connectivity index (χ4v) is 2.00. The Morgan fingerprint density at radius 3 is 2.67 bits per heavy atom. The summed E-state index contributed by atoms with van der Waals surface area (Å²) in [5.41, 5.74) is 0. The largest absolute Gasteiger partial charge is 0.258 e. The molecule has 0 spiro atoms. The minimum absolute atomic E-state index is 0.507. The van der Waals surface area contributed by atoms with Crippen LogP contribution in [0.4, 0.5) is 0 Å². The molecule has 2 aliphatic rings. The second kappa shape index (κ2) is 1.69. The van der Waals surface area contributed by atoms with Crippen molar-refractivity contribution in [2.24, 2.45) is 11.2 Å². The van der Waals surface area contributed by atoms with E-state index in [-0.39, 0.29) is 0 Å². The van der Waals surface area contributed by atoms with Crippen LogP contribution in [0.25, 0.3) is 0 Å². The molecule has 2 fully saturated rings. The molecule has 2 rings (SSSR count).